The minimum atomic E-state index is 0.625. The summed E-state index contributed by atoms with van der Waals surface area (Å²) in [4.78, 5) is 2.30. The minimum absolute atomic E-state index is 0.625. The van der Waals surface area contributed by atoms with Gasteiger partial charge in [0.05, 0.1) is 0 Å². The molecule has 2 rings (SSSR count). The standard InChI is InChI=1S/C11H16N2/c1-13-8-9(7-12)6-10-4-2-3-5-11(10)13/h2-5,9H,6-8,12H2,1H3/t9-/m0/s1. The molecule has 2 nitrogen and oxygen atoms in total. The van der Waals surface area contributed by atoms with E-state index in [1.807, 2.05) is 0 Å². The molecule has 1 atom stereocenters. The molecule has 1 aromatic carbocycles. The molecule has 1 aliphatic heterocycles. The lowest BCUT2D eigenvalue weighted by molar-refractivity contribution is 0.515. The Balaban J connectivity index is 2.31. The predicted octanol–water partition coefficient (Wildman–Crippen LogP) is 1.25. The van der Waals surface area contributed by atoms with Crippen LogP contribution in [0.3, 0.4) is 0 Å². The fourth-order valence-electron chi connectivity index (χ4n) is 2.07. The zero-order valence-electron chi connectivity index (χ0n) is 8.03. The van der Waals surface area contributed by atoms with Gasteiger partial charge in [0, 0.05) is 19.3 Å². The van der Waals surface area contributed by atoms with Crippen LogP contribution in [-0.2, 0) is 6.42 Å². The van der Waals surface area contributed by atoms with Crippen molar-refractivity contribution in [2.75, 3.05) is 25.0 Å². The quantitative estimate of drug-likeness (QED) is 0.698. The highest BCUT2D eigenvalue weighted by Gasteiger charge is 2.19. The van der Waals surface area contributed by atoms with Crippen molar-refractivity contribution in [3.63, 3.8) is 0 Å². The Morgan fingerprint density at radius 2 is 2.23 bits per heavy atom. The fraction of sp³-hybridized carbons (Fsp3) is 0.455. The van der Waals surface area contributed by atoms with Gasteiger partial charge in [0.2, 0.25) is 0 Å². The van der Waals surface area contributed by atoms with Crippen molar-refractivity contribution >= 4 is 5.69 Å². The summed E-state index contributed by atoms with van der Waals surface area (Å²) in [5, 5.41) is 0. The predicted molar refractivity (Wildman–Crippen MR) is 56.0 cm³/mol. The van der Waals surface area contributed by atoms with E-state index in [4.69, 9.17) is 5.73 Å². The molecule has 1 aromatic rings. The number of fused-ring (bicyclic) bond motifs is 1. The third-order valence-electron chi connectivity index (χ3n) is 2.78. The Morgan fingerprint density at radius 1 is 1.46 bits per heavy atom. The smallest absolute Gasteiger partial charge is 0.0396 e. The molecule has 0 unspecified atom stereocenters. The number of rotatable bonds is 1. The monoisotopic (exact) mass is 176 g/mol. The van der Waals surface area contributed by atoms with E-state index in [2.05, 4.69) is 36.2 Å². The van der Waals surface area contributed by atoms with E-state index in [-0.39, 0.29) is 0 Å². The molecule has 1 heterocycles. The summed E-state index contributed by atoms with van der Waals surface area (Å²) in [7, 11) is 2.14. The Hall–Kier alpha value is -1.02. The number of anilines is 1. The maximum atomic E-state index is 5.70. The van der Waals surface area contributed by atoms with Gasteiger partial charge in [0.25, 0.3) is 0 Å². The van der Waals surface area contributed by atoms with Crippen LogP contribution in [0, 0.1) is 5.92 Å². The molecule has 0 aliphatic carbocycles. The normalized spacial score (nSPS) is 21.4. The Kier molecular flexibility index (Phi) is 2.23. The van der Waals surface area contributed by atoms with Crippen molar-refractivity contribution < 1.29 is 0 Å². The number of para-hydroxylation sites is 1. The van der Waals surface area contributed by atoms with E-state index >= 15 is 0 Å². The summed E-state index contributed by atoms with van der Waals surface area (Å²) in [5.74, 6) is 0.625. The molecule has 0 radical (unpaired) electrons. The lowest BCUT2D eigenvalue weighted by Gasteiger charge is -2.32. The average Bonchev–Trinajstić information content (AvgIpc) is 2.18. The molecule has 0 saturated heterocycles. The van der Waals surface area contributed by atoms with Crippen LogP contribution in [0.1, 0.15) is 5.56 Å². The number of hydrogen-bond donors (Lipinski definition) is 1. The molecular weight excluding hydrogens is 160 g/mol. The molecule has 0 spiro atoms. The second kappa shape index (κ2) is 3.38. The highest BCUT2D eigenvalue weighted by atomic mass is 15.1. The summed E-state index contributed by atoms with van der Waals surface area (Å²) < 4.78 is 0. The average molecular weight is 176 g/mol. The van der Waals surface area contributed by atoms with E-state index < -0.39 is 0 Å². The lowest BCUT2D eigenvalue weighted by atomic mass is 9.93. The van der Waals surface area contributed by atoms with Crippen molar-refractivity contribution in [2.24, 2.45) is 11.7 Å². The Morgan fingerprint density at radius 3 is 3.00 bits per heavy atom. The molecule has 2 N–H and O–H groups in total. The van der Waals surface area contributed by atoms with Crippen molar-refractivity contribution in [3.05, 3.63) is 29.8 Å². The van der Waals surface area contributed by atoms with Crippen LogP contribution in [0.2, 0.25) is 0 Å². The first-order chi connectivity index (χ1) is 6.31. The van der Waals surface area contributed by atoms with Crippen molar-refractivity contribution in [3.8, 4) is 0 Å². The Bertz CT molecular complexity index is 296. The molecule has 0 bridgehead atoms. The minimum Gasteiger partial charge on any atom is -0.374 e. The molecule has 2 heteroatoms. The van der Waals surface area contributed by atoms with E-state index in [0.29, 0.717) is 5.92 Å². The van der Waals surface area contributed by atoms with Gasteiger partial charge in [-0.1, -0.05) is 18.2 Å². The zero-order valence-corrected chi connectivity index (χ0v) is 8.03. The van der Waals surface area contributed by atoms with Crippen LogP contribution in [0.5, 0.6) is 0 Å². The second-order valence-electron chi connectivity index (χ2n) is 3.82. The molecule has 0 fully saturated rings. The third-order valence-corrected chi connectivity index (χ3v) is 2.78. The van der Waals surface area contributed by atoms with Gasteiger partial charge in [-0.05, 0) is 30.5 Å². The third kappa shape index (κ3) is 1.54. The number of nitrogens with two attached hydrogens (primary N) is 1. The summed E-state index contributed by atoms with van der Waals surface area (Å²) in [6, 6.07) is 8.58. The highest BCUT2D eigenvalue weighted by molar-refractivity contribution is 5.55. The molecule has 70 valence electrons. The largest absolute Gasteiger partial charge is 0.374 e. The molecule has 1 aliphatic rings. The van der Waals surface area contributed by atoms with Gasteiger partial charge in [-0.3, -0.25) is 0 Å². The number of nitrogens with zero attached hydrogens (tertiary/aromatic N) is 1. The summed E-state index contributed by atoms with van der Waals surface area (Å²) in [6.45, 7) is 1.88. The van der Waals surface area contributed by atoms with Crippen molar-refractivity contribution in [2.45, 2.75) is 6.42 Å². The van der Waals surface area contributed by atoms with Crippen LogP contribution in [0.25, 0.3) is 0 Å². The first kappa shape index (κ1) is 8.57. The Labute approximate surface area is 79.4 Å². The first-order valence-electron chi connectivity index (χ1n) is 4.80. The molecule has 0 amide bonds. The molecular formula is C11H16N2. The van der Waals surface area contributed by atoms with E-state index in [1.165, 1.54) is 11.3 Å². The maximum Gasteiger partial charge on any atom is 0.0396 e. The van der Waals surface area contributed by atoms with Crippen molar-refractivity contribution in [1.82, 2.24) is 0 Å². The van der Waals surface area contributed by atoms with Gasteiger partial charge >= 0.3 is 0 Å². The van der Waals surface area contributed by atoms with Gasteiger partial charge < -0.3 is 10.6 Å². The molecule has 0 saturated carbocycles. The van der Waals surface area contributed by atoms with Gasteiger partial charge in [0.1, 0.15) is 0 Å². The van der Waals surface area contributed by atoms with Crippen LogP contribution < -0.4 is 10.6 Å². The molecule has 13 heavy (non-hydrogen) atoms. The zero-order chi connectivity index (χ0) is 9.26. The summed E-state index contributed by atoms with van der Waals surface area (Å²) in [6.07, 6.45) is 1.14. The van der Waals surface area contributed by atoms with Crippen LogP contribution in [0.15, 0.2) is 24.3 Å². The maximum absolute atomic E-state index is 5.70. The van der Waals surface area contributed by atoms with E-state index in [0.717, 1.165) is 19.5 Å². The lowest BCUT2D eigenvalue weighted by Crippen LogP contribution is -2.35. The van der Waals surface area contributed by atoms with Gasteiger partial charge in [0.15, 0.2) is 0 Å². The summed E-state index contributed by atoms with van der Waals surface area (Å²) >= 11 is 0. The van der Waals surface area contributed by atoms with Gasteiger partial charge in [-0.15, -0.1) is 0 Å². The van der Waals surface area contributed by atoms with Gasteiger partial charge in [-0.2, -0.15) is 0 Å². The van der Waals surface area contributed by atoms with Gasteiger partial charge in [-0.25, -0.2) is 0 Å². The molecule has 0 aromatic heterocycles. The van der Waals surface area contributed by atoms with Crippen LogP contribution in [-0.4, -0.2) is 20.1 Å². The van der Waals surface area contributed by atoms with E-state index in [9.17, 15) is 0 Å². The second-order valence-corrected chi connectivity index (χ2v) is 3.82. The van der Waals surface area contributed by atoms with Crippen molar-refractivity contribution in [1.29, 1.82) is 0 Å². The topological polar surface area (TPSA) is 29.3 Å². The first-order valence-corrected chi connectivity index (χ1v) is 4.80. The number of hydrogen-bond acceptors (Lipinski definition) is 2. The number of benzene rings is 1. The van der Waals surface area contributed by atoms with E-state index in [1.54, 1.807) is 0 Å². The van der Waals surface area contributed by atoms with Crippen LogP contribution >= 0.6 is 0 Å². The SMILES string of the molecule is CN1C[C@H](CN)Cc2ccccc21. The van der Waals surface area contributed by atoms with Crippen LogP contribution in [0.4, 0.5) is 5.69 Å². The fourth-order valence-corrected chi connectivity index (χ4v) is 2.07. The highest BCUT2D eigenvalue weighted by Crippen LogP contribution is 2.27. The summed E-state index contributed by atoms with van der Waals surface area (Å²) in [5.41, 5.74) is 8.50.